The second kappa shape index (κ2) is 7.49. The van der Waals surface area contributed by atoms with Crippen molar-refractivity contribution in [2.24, 2.45) is 0 Å². The van der Waals surface area contributed by atoms with Crippen LogP contribution >= 0.6 is 23.1 Å². The van der Waals surface area contributed by atoms with Crippen molar-refractivity contribution in [2.75, 3.05) is 17.7 Å². The highest BCUT2D eigenvalue weighted by Crippen LogP contribution is 2.26. The summed E-state index contributed by atoms with van der Waals surface area (Å²) in [6, 6.07) is 5.53. The molecule has 3 aromatic rings. The van der Waals surface area contributed by atoms with Crippen LogP contribution in [0, 0.1) is 10.1 Å². The highest BCUT2D eigenvalue weighted by molar-refractivity contribution is 7.99. The number of thiazole rings is 1. The minimum atomic E-state index is -0.549. The first-order valence-electron chi connectivity index (χ1n) is 7.20. The van der Waals surface area contributed by atoms with Gasteiger partial charge in [-0.3, -0.25) is 14.9 Å². The molecule has 1 amide bonds. The summed E-state index contributed by atoms with van der Waals surface area (Å²) in [5, 5.41) is 13.8. The standard InChI is InChI=1S/C14H13N5O4S2/c1-2-23-8-3-4-9-10(5-8)17-14(16-9)24-7-11(20)18-13-15-6-12(25-13)19(21)22/h3-6H,2,7H2,1H3,(H,16,17)(H,15,18,20). The Bertz CT molecular complexity index is 923. The number of H-pyrrole nitrogens is 1. The number of anilines is 1. The minimum Gasteiger partial charge on any atom is -0.494 e. The Kier molecular flexibility index (Phi) is 5.14. The molecule has 0 aliphatic rings. The van der Waals surface area contributed by atoms with E-state index < -0.39 is 4.92 Å². The van der Waals surface area contributed by atoms with Gasteiger partial charge in [0, 0.05) is 6.07 Å². The molecule has 2 heterocycles. The van der Waals surface area contributed by atoms with Gasteiger partial charge in [-0.05, 0) is 30.4 Å². The zero-order valence-electron chi connectivity index (χ0n) is 13.0. The van der Waals surface area contributed by atoms with E-state index in [0.29, 0.717) is 11.8 Å². The van der Waals surface area contributed by atoms with Crippen LogP contribution < -0.4 is 10.1 Å². The van der Waals surface area contributed by atoms with Gasteiger partial charge in [0.05, 0.1) is 28.3 Å². The number of aromatic nitrogens is 3. The van der Waals surface area contributed by atoms with Crippen LogP contribution in [0.2, 0.25) is 0 Å². The molecule has 0 unspecified atom stereocenters. The molecule has 0 fully saturated rings. The zero-order valence-corrected chi connectivity index (χ0v) is 14.6. The molecule has 25 heavy (non-hydrogen) atoms. The molecule has 0 aliphatic heterocycles. The highest BCUT2D eigenvalue weighted by Gasteiger charge is 2.14. The van der Waals surface area contributed by atoms with Crippen molar-refractivity contribution in [2.45, 2.75) is 12.1 Å². The van der Waals surface area contributed by atoms with Gasteiger partial charge < -0.3 is 15.0 Å². The second-order valence-corrected chi connectivity index (χ2v) is 6.72. The highest BCUT2D eigenvalue weighted by atomic mass is 32.2. The van der Waals surface area contributed by atoms with Gasteiger partial charge in [-0.25, -0.2) is 9.97 Å². The van der Waals surface area contributed by atoms with E-state index in [2.05, 4.69) is 20.3 Å². The van der Waals surface area contributed by atoms with E-state index in [-0.39, 0.29) is 21.8 Å². The summed E-state index contributed by atoms with van der Waals surface area (Å²) in [6.45, 7) is 2.49. The number of carbonyl (C=O) groups excluding carboxylic acids is 1. The van der Waals surface area contributed by atoms with Crippen molar-refractivity contribution in [3.05, 3.63) is 34.5 Å². The largest absolute Gasteiger partial charge is 0.494 e. The number of aromatic amines is 1. The number of nitrogens with one attached hydrogen (secondary N) is 2. The van der Waals surface area contributed by atoms with Crippen molar-refractivity contribution in [3.63, 3.8) is 0 Å². The maximum absolute atomic E-state index is 11.9. The summed E-state index contributed by atoms with van der Waals surface area (Å²) in [4.78, 5) is 33.3. The second-order valence-electron chi connectivity index (χ2n) is 4.75. The third-order valence-corrected chi connectivity index (χ3v) is 4.74. The van der Waals surface area contributed by atoms with Crippen LogP contribution in [0.5, 0.6) is 5.75 Å². The monoisotopic (exact) mass is 379 g/mol. The fraction of sp³-hybridized carbons (Fsp3) is 0.214. The van der Waals surface area contributed by atoms with E-state index in [0.717, 1.165) is 34.3 Å². The number of ether oxygens (including phenoxy) is 1. The van der Waals surface area contributed by atoms with Crippen LogP contribution in [0.25, 0.3) is 11.0 Å². The molecule has 0 bridgehead atoms. The zero-order chi connectivity index (χ0) is 17.8. The maximum atomic E-state index is 11.9. The number of amides is 1. The van der Waals surface area contributed by atoms with Gasteiger partial charge in [0.1, 0.15) is 11.9 Å². The first-order chi connectivity index (χ1) is 12.0. The Balaban J connectivity index is 1.59. The van der Waals surface area contributed by atoms with Gasteiger partial charge in [-0.2, -0.15) is 0 Å². The van der Waals surface area contributed by atoms with Crippen LogP contribution in [0.1, 0.15) is 6.92 Å². The van der Waals surface area contributed by atoms with Gasteiger partial charge in [0.2, 0.25) is 5.91 Å². The number of rotatable bonds is 7. The molecule has 130 valence electrons. The Morgan fingerprint density at radius 1 is 1.52 bits per heavy atom. The van der Waals surface area contributed by atoms with Crippen molar-refractivity contribution in [1.82, 2.24) is 15.0 Å². The fourth-order valence-corrected chi connectivity index (χ4v) is 3.32. The van der Waals surface area contributed by atoms with Gasteiger partial charge >= 0.3 is 5.00 Å². The average Bonchev–Trinajstić information content (AvgIpc) is 3.19. The summed E-state index contributed by atoms with van der Waals surface area (Å²) >= 11 is 2.04. The Morgan fingerprint density at radius 2 is 2.36 bits per heavy atom. The van der Waals surface area contributed by atoms with Gasteiger partial charge in [-0.1, -0.05) is 11.8 Å². The molecule has 0 saturated carbocycles. The molecule has 2 aromatic heterocycles. The third kappa shape index (κ3) is 4.25. The number of benzene rings is 1. The number of hydrogen-bond donors (Lipinski definition) is 2. The maximum Gasteiger partial charge on any atom is 0.345 e. The van der Waals surface area contributed by atoms with Crippen LogP contribution in [-0.2, 0) is 4.79 Å². The van der Waals surface area contributed by atoms with E-state index in [4.69, 9.17) is 4.74 Å². The van der Waals surface area contributed by atoms with Crippen molar-refractivity contribution >= 4 is 50.2 Å². The lowest BCUT2D eigenvalue weighted by atomic mass is 10.3. The van der Waals surface area contributed by atoms with E-state index in [1.165, 1.54) is 11.8 Å². The number of carbonyl (C=O) groups is 1. The SMILES string of the molecule is CCOc1ccc2nc(SCC(=O)Nc3ncc([N+](=O)[O-])s3)[nH]c2c1. The molecule has 11 heteroatoms. The molecule has 0 radical (unpaired) electrons. The van der Waals surface area contributed by atoms with E-state index in [1.54, 1.807) is 0 Å². The first-order valence-corrected chi connectivity index (χ1v) is 9.01. The van der Waals surface area contributed by atoms with Crippen molar-refractivity contribution in [1.29, 1.82) is 0 Å². The number of thioether (sulfide) groups is 1. The predicted molar refractivity (Wildman–Crippen MR) is 95.4 cm³/mol. The molecule has 2 N–H and O–H groups in total. The number of fused-ring (bicyclic) bond motifs is 1. The molecular weight excluding hydrogens is 366 g/mol. The number of hydrogen-bond acceptors (Lipinski definition) is 8. The summed E-state index contributed by atoms with van der Waals surface area (Å²) in [5.41, 5.74) is 1.60. The summed E-state index contributed by atoms with van der Waals surface area (Å²) in [7, 11) is 0. The lowest BCUT2D eigenvalue weighted by molar-refractivity contribution is -0.380. The van der Waals surface area contributed by atoms with Crippen LogP contribution in [0.15, 0.2) is 29.6 Å². The summed E-state index contributed by atoms with van der Waals surface area (Å²) in [6.07, 6.45) is 1.11. The smallest absolute Gasteiger partial charge is 0.345 e. The van der Waals surface area contributed by atoms with Crippen molar-refractivity contribution < 1.29 is 14.5 Å². The minimum absolute atomic E-state index is 0.103. The molecule has 9 nitrogen and oxygen atoms in total. The first kappa shape index (κ1) is 17.2. The molecule has 0 spiro atoms. The van der Waals surface area contributed by atoms with E-state index in [1.807, 2.05) is 25.1 Å². The average molecular weight is 379 g/mol. The molecule has 1 aromatic carbocycles. The molecule has 0 atom stereocenters. The third-order valence-electron chi connectivity index (χ3n) is 3.00. The van der Waals surface area contributed by atoms with Gasteiger partial charge in [0.15, 0.2) is 10.3 Å². The topological polar surface area (TPSA) is 123 Å². The molecule has 0 aliphatic carbocycles. The van der Waals surface area contributed by atoms with Crippen molar-refractivity contribution in [3.8, 4) is 5.75 Å². The number of nitrogens with zero attached hydrogens (tertiary/aromatic N) is 3. The van der Waals surface area contributed by atoms with Gasteiger partial charge in [0.25, 0.3) is 0 Å². The number of nitro groups is 1. The molecule has 0 saturated heterocycles. The van der Waals surface area contributed by atoms with E-state index in [9.17, 15) is 14.9 Å². The Morgan fingerprint density at radius 3 is 3.08 bits per heavy atom. The van der Waals surface area contributed by atoms with Crippen LogP contribution in [0.3, 0.4) is 0 Å². The van der Waals surface area contributed by atoms with Crippen LogP contribution in [0.4, 0.5) is 10.1 Å². The Labute approximate surface area is 150 Å². The van der Waals surface area contributed by atoms with Gasteiger partial charge in [-0.15, -0.1) is 0 Å². The lowest BCUT2D eigenvalue weighted by Gasteiger charge is -2.00. The Hall–Kier alpha value is -2.66. The quantitative estimate of drug-likeness (QED) is 0.367. The summed E-state index contributed by atoms with van der Waals surface area (Å²) < 4.78 is 5.43. The van der Waals surface area contributed by atoms with E-state index >= 15 is 0 Å². The predicted octanol–water partition coefficient (Wildman–Crippen LogP) is 3.06. The fourth-order valence-electron chi connectivity index (χ4n) is 1.99. The van der Waals surface area contributed by atoms with Crippen LogP contribution in [-0.4, -0.2) is 38.1 Å². The molecule has 3 rings (SSSR count). The number of imidazole rings is 1. The molecular formula is C14H13N5O4S2. The summed E-state index contributed by atoms with van der Waals surface area (Å²) in [5.74, 6) is 0.536. The lowest BCUT2D eigenvalue weighted by Crippen LogP contribution is -2.13. The normalized spacial score (nSPS) is 10.8.